The second kappa shape index (κ2) is 5.74. The summed E-state index contributed by atoms with van der Waals surface area (Å²) in [5, 5.41) is 3.37. The van der Waals surface area contributed by atoms with E-state index in [9.17, 15) is 0 Å². The second-order valence-electron chi connectivity index (χ2n) is 3.43. The molecule has 15 heavy (non-hydrogen) atoms. The third-order valence-electron chi connectivity index (χ3n) is 2.02. The van der Waals surface area contributed by atoms with Crippen molar-refractivity contribution in [3.63, 3.8) is 0 Å². The Morgan fingerprint density at radius 3 is 2.80 bits per heavy atom. The SMILES string of the molecule is CC(C)c1ccccc1C#CCN=[N+]=[N-]. The van der Waals surface area contributed by atoms with Crippen LogP contribution in [-0.2, 0) is 0 Å². The fourth-order valence-corrected chi connectivity index (χ4v) is 1.32. The maximum Gasteiger partial charge on any atom is 0.0880 e. The molecule has 0 amide bonds. The normalized spacial score (nSPS) is 9.00. The van der Waals surface area contributed by atoms with Gasteiger partial charge in [-0.2, -0.15) is 0 Å². The van der Waals surface area contributed by atoms with Crippen LogP contribution in [0.1, 0.15) is 30.9 Å². The van der Waals surface area contributed by atoms with Gasteiger partial charge in [0, 0.05) is 10.5 Å². The predicted molar refractivity (Wildman–Crippen MR) is 61.4 cm³/mol. The van der Waals surface area contributed by atoms with Gasteiger partial charge in [0.2, 0.25) is 0 Å². The van der Waals surface area contributed by atoms with Gasteiger partial charge in [0.1, 0.15) is 0 Å². The molecule has 0 fully saturated rings. The summed E-state index contributed by atoms with van der Waals surface area (Å²) in [4.78, 5) is 2.65. The molecule has 0 heterocycles. The molecule has 0 saturated heterocycles. The number of nitrogens with zero attached hydrogens (tertiary/aromatic N) is 3. The smallest absolute Gasteiger partial charge is 0.0880 e. The van der Waals surface area contributed by atoms with Crippen LogP contribution in [0.2, 0.25) is 0 Å². The van der Waals surface area contributed by atoms with Crippen LogP contribution in [0.25, 0.3) is 10.4 Å². The topological polar surface area (TPSA) is 48.8 Å². The first-order chi connectivity index (χ1) is 7.25. The van der Waals surface area contributed by atoms with E-state index in [4.69, 9.17) is 5.53 Å². The number of azide groups is 1. The maximum absolute atomic E-state index is 8.10. The molecule has 1 rings (SSSR count). The molecule has 1 aromatic rings. The van der Waals surface area contributed by atoms with E-state index in [1.807, 2.05) is 18.2 Å². The third-order valence-corrected chi connectivity index (χ3v) is 2.02. The first kappa shape index (κ1) is 11.2. The van der Waals surface area contributed by atoms with Crippen LogP contribution in [0.4, 0.5) is 0 Å². The van der Waals surface area contributed by atoms with Crippen molar-refractivity contribution in [1.29, 1.82) is 0 Å². The Bertz CT molecular complexity index is 432. The van der Waals surface area contributed by atoms with Gasteiger partial charge >= 0.3 is 0 Å². The van der Waals surface area contributed by atoms with Gasteiger partial charge in [-0.05, 0) is 23.1 Å². The van der Waals surface area contributed by atoms with Gasteiger partial charge in [0.15, 0.2) is 0 Å². The lowest BCUT2D eigenvalue weighted by atomic mass is 9.98. The average Bonchev–Trinajstić information content (AvgIpc) is 2.25. The highest BCUT2D eigenvalue weighted by Crippen LogP contribution is 2.17. The van der Waals surface area contributed by atoms with Crippen molar-refractivity contribution < 1.29 is 0 Å². The van der Waals surface area contributed by atoms with Crippen LogP contribution in [0.15, 0.2) is 29.4 Å². The Hall–Kier alpha value is -1.91. The van der Waals surface area contributed by atoms with E-state index >= 15 is 0 Å². The van der Waals surface area contributed by atoms with E-state index in [0.717, 1.165) is 5.56 Å². The van der Waals surface area contributed by atoms with Crippen LogP contribution in [0, 0.1) is 11.8 Å². The minimum Gasteiger partial charge on any atom is -0.0919 e. The molecule has 76 valence electrons. The molecule has 3 heteroatoms. The summed E-state index contributed by atoms with van der Waals surface area (Å²) in [6.07, 6.45) is 0. The van der Waals surface area contributed by atoms with E-state index < -0.39 is 0 Å². The van der Waals surface area contributed by atoms with Crippen LogP contribution in [0.3, 0.4) is 0 Å². The molecule has 0 spiro atoms. The lowest BCUT2D eigenvalue weighted by Crippen LogP contribution is -1.91. The third kappa shape index (κ3) is 3.38. The zero-order valence-electron chi connectivity index (χ0n) is 8.94. The van der Waals surface area contributed by atoms with E-state index in [0.29, 0.717) is 5.92 Å². The molecule has 0 atom stereocenters. The Morgan fingerprint density at radius 2 is 2.13 bits per heavy atom. The molecule has 0 aliphatic carbocycles. The van der Waals surface area contributed by atoms with Crippen LogP contribution < -0.4 is 0 Å². The first-order valence-electron chi connectivity index (χ1n) is 4.84. The zero-order chi connectivity index (χ0) is 11.1. The summed E-state index contributed by atoms with van der Waals surface area (Å²) < 4.78 is 0. The Labute approximate surface area is 89.8 Å². The van der Waals surface area contributed by atoms with E-state index in [2.05, 4.69) is 41.8 Å². The highest BCUT2D eigenvalue weighted by molar-refractivity contribution is 5.42. The average molecular weight is 199 g/mol. The van der Waals surface area contributed by atoms with Crippen molar-refractivity contribution in [3.05, 3.63) is 45.8 Å². The van der Waals surface area contributed by atoms with Crippen molar-refractivity contribution >= 4 is 0 Å². The standard InChI is InChI=1S/C12H13N3/c1-10(2)12-8-4-3-6-11(12)7-5-9-14-15-13/h3-4,6,8,10H,9H2,1-2H3. The van der Waals surface area contributed by atoms with Gasteiger partial charge in [0.05, 0.1) is 6.54 Å². The molecule has 0 radical (unpaired) electrons. The van der Waals surface area contributed by atoms with Gasteiger partial charge in [-0.1, -0.05) is 49.0 Å². The first-order valence-corrected chi connectivity index (χ1v) is 4.84. The summed E-state index contributed by atoms with van der Waals surface area (Å²) in [5.74, 6) is 6.30. The Balaban J connectivity index is 2.91. The Kier molecular flexibility index (Phi) is 4.28. The van der Waals surface area contributed by atoms with Gasteiger partial charge in [0.25, 0.3) is 0 Å². The van der Waals surface area contributed by atoms with Crippen LogP contribution in [-0.4, -0.2) is 6.54 Å². The van der Waals surface area contributed by atoms with Gasteiger partial charge < -0.3 is 0 Å². The monoisotopic (exact) mass is 199 g/mol. The molecule has 0 N–H and O–H groups in total. The van der Waals surface area contributed by atoms with E-state index in [1.165, 1.54) is 5.56 Å². The number of hydrogen-bond donors (Lipinski definition) is 0. The fraction of sp³-hybridized carbons (Fsp3) is 0.333. The van der Waals surface area contributed by atoms with Crippen molar-refractivity contribution in [1.82, 2.24) is 0 Å². The summed E-state index contributed by atoms with van der Waals surface area (Å²) in [6, 6.07) is 8.03. The number of benzene rings is 1. The van der Waals surface area contributed by atoms with Crippen LogP contribution >= 0.6 is 0 Å². The molecule has 0 saturated carbocycles. The minimum atomic E-state index is 0.225. The van der Waals surface area contributed by atoms with Crippen molar-refractivity contribution in [3.8, 4) is 11.8 Å². The van der Waals surface area contributed by atoms with Gasteiger partial charge in [-0.15, -0.1) is 0 Å². The molecule has 0 unspecified atom stereocenters. The largest absolute Gasteiger partial charge is 0.0919 e. The van der Waals surface area contributed by atoms with E-state index in [1.54, 1.807) is 0 Å². The number of rotatable bonds is 2. The quantitative estimate of drug-likeness (QED) is 0.303. The highest BCUT2D eigenvalue weighted by atomic mass is 15.1. The molecule has 3 nitrogen and oxygen atoms in total. The molecule has 0 aliphatic rings. The lowest BCUT2D eigenvalue weighted by Gasteiger charge is -2.06. The zero-order valence-corrected chi connectivity index (χ0v) is 8.94. The summed E-state index contributed by atoms with van der Waals surface area (Å²) in [5.41, 5.74) is 10.3. The van der Waals surface area contributed by atoms with Crippen molar-refractivity contribution in [2.45, 2.75) is 19.8 Å². The summed E-state index contributed by atoms with van der Waals surface area (Å²) in [6.45, 7) is 4.49. The summed E-state index contributed by atoms with van der Waals surface area (Å²) >= 11 is 0. The second-order valence-corrected chi connectivity index (χ2v) is 3.43. The summed E-state index contributed by atoms with van der Waals surface area (Å²) in [7, 11) is 0. The predicted octanol–water partition coefficient (Wildman–Crippen LogP) is 3.47. The molecular formula is C12H13N3. The van der Waals surface area contributed by atoms with Crippen LogP contribution in [0.5, 0.6) is 0 Å². The lowest BCUT2D eigenvalue weighted by molar-refractivity contribution is 0.863. The fourth-order valence-electron chi connectivity index (χ4n) is 1.32. The maximum atomic E-state index is 8.10. The van der Waals surface area contributed by atoms with E-state index in [-0.39, 0.29) is 6.54 Å². The Morgan fingerprint density at radius 1 is 1.40 bits per heavy atom. The molecule has 1 aromatic carbocycles. The van der Waals surface area contributed by atoms with Crippen molar-refractivity contribution in [2.75, 3.05) is 6.54 Å². The molecular weight excluding hydrogens is 186 g/mol. The van der Waals surface area contributed by atoms with Gasteiger partial charge in [-0.25, -0.2) is 0 Å². The van der Waals surface area contributed by atoms with Gasteiger partial charge in [-0.3, -0.25) is 0 Å². The number of hydrogen-bond acceptors (Lipinski definition) is 1. The minimum absolute atomic E-state index is 0.225. The molecule has 0 aromatic heterocycles. The molecule has 0 bridgehead atoms. The molecule has 0 aliphatic heterocycles. The highest BCUT2D eigenvalue weighted by Gasteiger charge is 2.02. The van der Waals surface area contributed by atoms with Crippen molar-refractivity contribution in [2.24, 2.45) is 5.11 Å².